The summed E-state index contributed by atoms with van der Waals surface area (Å²) in [7, 11) is 0. The van der Waals surface area contributed by atoms with Crippen molar-refractivity contribution in [2.45, 2.75) is 117 Å². The molecule has 4 aliphatic rings. The van der Waals surface area contributed by atoms with Gasteiger partial charge in [0.15, 0.2) is 22.8 Å². The van der Waals surface area contributed by atoms with Crippen molar-refractivity contribution in [2.24, 2.45) is 58.2 Å². The second kappa shape index (κ2) is 10.4. The molecule has 3 aliphatic carbocycles. The SMILES string of the molecule is CC(=O)[C@@](O)([C@@H](C)C(C)C)[C@](O)(C(C)=O)[C@@H](C)[C@H]1CC[C@H]2[C@@H]3COC(=O)[C@H]4C[C@H](O)[C@H](O)C[C@]4(C)[C@H]3CC[C@]12C. The van der Waals surface area contributed by atoms with E-state index in [9.17, 15) is 34.8 Å². The third-order valence-corrected chi connectivity index (χ3v) is 13.0. The quantitative estimate of drug-likeness (QED) is 0.345. The summed E-state index contributed by atoms with van der Waals surface area (Å²) in [5.41, 5.74) is -5.28. The maximum absolute atomic E-state index is 13.3. The van der Waals surface area contributed by atoms with Crippen LogP contribution in [0.2, 0.25) is 0 Å². The zero-order chi connectivity index (χ0) is 30.2. The summed E-state index contributed by atoms with van der Waals surface area (Å²) in [5, 5.41) is 45.2. The normalized spacial score (nSPS) is 44.1. The van der Waals surface area contributed by atoms with Crippen LogP contribution in [0, 0.1) is 58.2 Å². The molecule has 13 atom stereocenters. The second-order valence-corrected chi connectivity index (χ2v) is 14.8. The van der Waals surface area contributed by atoms with Gasteiger partial charge in [0.1, 0.15) is 0 Å². The second-order valence-electron chi connectivity index (χ2n) is 14.8. The monoisotopic (exact) mass is 564 g/mol. The largest absolute Gasteiger partial charge is 0.465 e. The molecular formula is C32H52O8. The summed E-state index contributed by atoms with van der Waals surface area (Å²) < 4.78 is 5.87. The van der Waals surface area contributed by atoms with Gasteiger partial charge in [-0.05, 0) is 105 Å². The van der Waals surface area contributed by atoms with Crippen molar-refractivity contribution in [1.82, 2.24) is 0 Å². The smallest absolute Gasteiger partial charge is 0.309 e. The van der Waals surface area contributed by atoms with E-state index in [0.717, 1.165) is 25.7 Å². The number of esters is 1. The zero-order valence-electron chi connectivity index (χ0n) is 25.6. The molecule has 1 heterocycles. The van der Waals surface area contributed by atoms with Gasteiger partial charge in [-0.3, -0.25) is 14.4 Å². The summed E-state index contributed by atoms with van der Waals surface area (Å²) in [4.78, 5) is 39.5. The number of hydrogen-bond acceptors (Lipinski definition) is 8. The third-order valence-electron chi connectivity index (χ3n) is 13.0. The van der Waals surface area contributed by atoms with Crippen LogP contribution in [0.25, 0.3) is 0 Å². The fourth-order valence-electron chi connectivity index (χ4n) is 10.3. The minimum atomic E-state index is -2.25. The maximum atomic E-state index is 13.3. The number of Topliss-reactive ketones (excluding diaryl/α,β-unsaturated/α-hetero) is 2. The summed E-state index contributed by atoms with van der Waals surface area (Å²) in [6.07, 6.45) is 1.87. The van der Waals surface area contributed by atoms with Crippen molar-refractivity contribution in [1.29, 1.82) is 0 Å². The van der Waals surface area contributed by atoms with Crippen LogP contribution in [-0.4, -0.2) is 68.0 Å². The average Bonchev–Trinajstić information content (AvgIpc) is 3.18. The van der Waals surface area contributed by atoms with Gasteiger partial charge in [-0.15, -0.1) is 0 Å². The molecule has 1 saturated heterocycles. The molecule has 3 saturated carbocycles. The fraction of sp³-hybridized carbons (Fsp3) is 0.906. The Hall–Kier alpha value is -1.35. The van der Waals surface area contributed by atoms with Crippen LogP contribution < -0.4 is 0 Å². The number of rotatable bonds is 7. The lowest BCUT2D eigenvalue weighted by molar-refractivity contribution is -0.216. The molecule has 8 nitrogen and oxygen atoms in total. The first-order valence-corrected chi connectivity index (χ1v) is 15.4. The number of carbonyl (C=O) groups excluding carboxylic acids is 3. The van der Waals surface area contributed by atoms with Gasteiger partial charge >= 0.3 is 5.97 Å². The van der Waals surface area contributed by atoms with Crippen molar-refractivity contribution in [3.63, 3.8) is 0 Å². The van der Waals surface area contributed by atoms with Crippen LogP contribution in [-0.2, 0) is 19.1 Å². The molecule has 0 radical (unpaired) electrons. The van der Waals surface area contributed by atoms with Gasteiger partial charge in [0.2, 0.25) is 0 Å². The first-order valence-electron chi connectivity index (χ1n) is 15.4. The highest BCUT2D eigenvalue weighted by Gasteiger charge is 2.68. The molecule has 0 aromatic rings. The Morgan fingerprint density at radius 2 is 1.48 bits per heavy atom. The van der Waals surface area contributed by atoms with Gasteiger partial charge in [-0.1, -0.05) is 41.5 Å². The van der Waals surface area contributed by atoms with E-state index in [1.807, 2.05) is 20.8 Å². The highest BCUT2D eigenvalue weighted by molar-refractivity contribution is 5.97. The molecule has 40 heavy (non-hydrogen) atoms. The summed E-state index contributed by atoms with van der Waals surface area (Å²) in [6.45, 7) is 14.4. The van der Waals surface area contributed by atoms with Crippen LogP contribution >= 0.6 is 0 Å². The number of carbonyl (C=O) groups is 3. The molecule has 0 unspecified atom stereocenters. The number of ketones is 2. The van der Waals surface area contributed by atoms with Gasteiger partial charge in [-0.2, -0.15) is 0 Å². The van der Waals surface area contributed by atoms with Crippen molar-refractivity contribution >= 4 is 17.5 Å². The topological polar surface area (TPSA) is 141 Å². The molecule has 4 rings (SSSR count). The maximum Gasteiger partial charge on any atom is 0.309 e. The first kappa shape index (κ1) is 31.6. The minimum absolute atomic E-state index is 0.0454. The fourth-order valence-corrected chi connectivity index (χ4v) is 10.3. The van der Waals surface area contributed by atoms with Crippen LogP contribution in [0.1, 0.15) is 93.9 Å². The van der Waals surface area contributed by atoms with E-state index < -0.39 is 58.1 Å². The summed E-state index contributed by atoms with van der Waals surface area (Å²) in [5.74, 6) is -3.26. The minimum Gasteiger partial charge on any atom is -0.465 e. The highest BCUT2D eigenvalue weighted by atomic mass is 16.5. The lowest BCUT2D eigenvalue weighted by Crippen LogP contribution is -2.70. The molecule has 1 aliphatic heterocycles. The van der Waals surface area contributed by atoms with E-state index >= 15 is 0 Å². The lowest BCUT2D eigenvalue weighted by atomic mass is 9.47. The number of aliphatic hydroxyl groups is 4. The van der Waals surface area contributed by atoms with E-state index in [1.165, 1.54) is 13.8 Å². The molecule has 0 spiro atoms. The molecule has 4 N–H and O–H groups in total. The van der Waals surface area contributed by atoms with Crippen LogP contribution in [0.15, 0.2) is 0 Å². The van der Waals surface area contributed by atoms with E-state index in [4.69, 9.17) is 4.74 Å². The molecule has 0 aromatic heterocycles. The Kier molecular flexibility index (Phi) is 8.23. The average molecular weight is 565 g/mol. The Balaban J connectivity index is 1.72. The number of cyclic esters (lactones) is 1. The molecule has 8 heteroatoms. The lowest BCUT2D eigenvalue weighted by Gasteiger charge is -2.57. The summed E-state index contributed by atoms with van der Waals surface area (Å²) >= 11 is 0. The van der Waals surface area contributed by atoms with Crippen LogP contribution in [0.4, 0.5) is 0 Å². The molecule has 0 amide bonds. The van der Waals surface area contributed by atoms with E-state index in [0.29, 0.717) is 6.42 Å². The van der Waals surface area contributed by atoms with Crippen molar-refractivity contribution in [2.75, 3.05) is 6.61 Å². The van der Waals surface area contributed by atoms with Crippen molar-refractivity contribution in [3.05, 3.63) is 0 Å². The van der Waals surface area contributed by atoms with E-state index in [2.05, 4.69) is 13.8 Å². The van der Waals surface area contributed by atoms with E-state index in [-0.39, 0.29) is 54.0 Å². The van der Waals surface area contributed by atoms with Crippen LogP contribution in [0.5, 0.6) is 0 Å². The van der Waals surface area contributed by atoms with Gasteiger partial charge in [0.25, 0.3) is 0 Å². The molecule has 228 valence electrons. The number of ether oxygens (including phenoxy) is 1. The zero-order valence-corrected chi connectivity index (χ0v) is 25.6. The van der Waals surface area contributed by atoms with Gasteiger partial charge in [0.05, 0.1) is 24.7 Å². The Labute approximate surface area is 239 Å². The molecular weight excluding hydrogens is 512 g/mol. The van der Waals surface area contributed by atoms with Crippen molar-refractivity contribution < 1.29 is 39.5 Å². The standard InChI is InChI=1S/C32H52O8/c1-16(2)17(3)31(38,19(5)33)32(39,20(6)34)18(4)22-9-10-23-21-15-40-28(37)25-13-26(35)27(36)14-30(25,8)24(21)11-12-29(22,23)7/h16-18,21-27,35-36,38-39H,9-15H2,1-8H3/t17-,18-,21-,22+,23-,24-,25+,26-,27+,29+,30+,31-,32+/m0/s1. The third kappa shape index (κ3) is 4.25. The Morgan fingerprint density at radius 1 is 0.900 bits per heavy atom. The van der Waals surface area contributed by atoms with Gasteiger partial charge in [-0.25, -0.2) is 0 Å². The number of aliphatic hydroxyl groups excluding tert-OH is 2. The Bertz CT molecular complexity index is 1030. The van der Waals surface area contributed by atoms with Gasteiger partial charge < -0.3 is 25.2 Å². The van der Waals surface area contributed by atoms with E-state index in [1.54, 1.807) is 6.92 Å². The highest BCUT2D eigenvalue weighted by Crippen LogP contribution is 2.67. The molecule has 0 aromatic carbocycles. The van der Waals surface area contributed by atoms with Crippen LogP contribution in [0.3, 0.4) is 0 Å². The number of hydrogen-bond donors (Lipinski definition) is 4. The number of fused-ring (bicyclic) bond motifs is 5. The predicted molar refractivity (Wildman–Crippen MR) is 149 cm³/mol. The molecule has 4 fully saturated rings. The Morgan fingerprint density at radius 3 is 2.02 bits per heavy atom. The molecule has 0 bridgehead atoms. The summed E-state index contributed by atoms with van der Waals surface area (Å²) in [6, 6.07) is 0. The van der Waals surface area contributed by atoms with Crippen molar-refractivity contribution in [3.8, 4) is 0 Å². The van der Waals surface area contributed by atoms with Gasteiger partial charge in [0, 0.05) is 0 Å². The first-order chi connectivity index (χ1) is 18.4. The predicted octanol–water partition coefficient (Wildman–Crippen LogP) is 3.31.